The predicted octanol–water partition coefficient (Wildman–Crippen LogP) is 4.03. The number of benzene rings is 1. The number of aliphatic imine (C=N–C) groups is 1. The molecule has 2 atom stereocenters. The molecule has 2 heterocycles. The smallest absolute Gasteiger partial charge is 0.374 e. The Bertz CT molecular complexity index is 720. The van der Waals surface area contributed by atoms with Crippen LogP contribution in [0.3, 0.4) is 0 Å². The number of ether oxygens (including phenoxy) is 1. The highest BCUT2D eigenvalue weighted by Gasteiger charge is 2.47. The fourth-order valence-electron chi connectivity index (χ4n) is 3.09. The lowest BCUT2D eigenvalue weighted by atomic mass is 10.1. The summed E-state index contributed by atoms with van der Waals surface area (Å²) >= 11 is 1.21. The molecule has 1 aromatic carbocycles. The SMILES string of the molecule is C[C@H]1CN(c2cc(F)cc3c2N=C(C2CC2)NS3)[C@@H](C(F)(F)F)CO1. The first-order chi connectivity index (χ1) is 11.8. The Morgan fingerprint density at radius 3 is 2.76 bits per heavy atom. The molecule has 1 aliphatic carbocycles. The summed E-state index contributed by atoms with van der Waals surface area (Å²) in [5.41, 5.74) is 0.593. The zero-order valence-corrected chi connectivity index (χ0v) is 14.3. The number of alkyl halides is 3. The monoisotopic (exact) mass is 375 g/mol. The van der Waals surface area contributed by atoms with Gasteiger partial charge in [0.2, 0.25) is 0 Å². The molecule has 0 spiro atoms. The molecule has 0 bridgehead atoms. The molecule has 4 nitrogen and oxygen atoms in total. The Hall–Kier alpha value is -1.48. The number of morpholine rings is 1. The third kappa shape index (κ3) is 3.31. The summed E-state index contributed by atoms with van der Waals surface area (Å²) in [5.74, 6) is 0.504. The molecular weight excluding hydrogens is 358 g/mol. The van der Waals surface area contributed by atoms with Crippen molar-refractivity contribution in [1.29, 1.82) is 0 Å². The van der Waals surface area contributed by atoms with E-state index in [0.29, 0.717) is 16.5 Å². The summed E-state index contributed by atoms with van der Waals surface area (Å²) in [6.45, 7) is 1.27. The van der Waals surface area contributed by atoms with Crippen molar-refractivity contribution >= 4 is 29.2 Å². The van der Waals surface area contributed by atoms with Gasteiger partial charge in [-0.2, -0.15) is 13.2 Å². The van der Waals surface area contributed by atoms with Crippen LogP contribution in [0.4, 0.5) is 28.9 Å². The van der Waals surface area contributed by atoms with Gasteiger partial charge in [0.05, 0.1) is 23.3 Å². The number of fused-ring (bicyclic) bond motifs is 1. The van der Waals surface area contributed by atoms with Gasteiger partial charge >= 0.3 is 6.18 Å². The molecule has 1 aromatic rings. The number of amidine groups is 1. The Kier molecular flexibility index (Phi) is 4.10. The number of nitrogens with one attached hydrogen (secondary N) is 1. The van der Waals surface area contributed by atoms with Crippen LogP contribution in [0.5, 0.6) is 0 Å². The molecule has 2 fully saturated rings. The average molecular weight is 375 g/mol. The summed E-state index contributed by atoms with van der Waals surface area (Å²) in [5, 5.41) is 0. The van der Waals surface area contributed by atoms with Gasteiger partial charge in [-0.25, -0.2) is 9.38 Å². The van der Waals surface area contributed by atoms with Gasteiger partial charge in [-0.3, -0.25) is 0 Å². The van der Waals surface area contributed by atoms with E-state index in [0.717, 1.165) is 24.7 Å². The van der Waals surface area contributed by atoms with E-state index in [-0.39, 0.29) is 18.3 Å². The maximum absolute atomic E-state index is 14.1. The zero-order valence-electron chi connectivity index (χ0n) is 13.4. The highest BCUT2D eigenvalue weighted by molar-refractivity contribution is 7.98. The van der Waals surface area contributed by atoms with Gasteiger partial charge in [0.1, 0.15) is 23.4 Å². The number of rotatable bonds is 2. The molecule has 0 unspecified atom stereocenters. The molecule has 136 valence electrons. The first-order valence-electron chi connectivity index (χ1n) is 8.13. The third-order valence-electron chi connectivity index (χ3n) is 4.54. The summed E-state index contributed by atoms with van der Waals surface area (Å²) in [4.78, 5) is 6.22. The lowest BCUT2D eigenvalue weighted by molar-refractivity contribution is -0.173. The average Bonchev–Trinajstić information content (AvgIpc) is 3.37. The number of hydrogen-bond acceptors (Lipinski definition) is 5. The van der Waals surface area contributed by atoms with Crippen LogP contribution < -0.4 is 9.62 Å². The van der Waals surface area contributed by atoms with Crippen LogP contribution in [-0.4, -0.2) is 37.3 Å². The molecular formula is C16H17F4N3OS. The van der Waals surface area contributed by atoms with Crippen molar-refractivity contribution < 1.29 is 22.3 Å². The summed E-state index contributed by atoms with van der Waals surface area (Å²) in [6, 6.07) is 0.639. The van der Waals surface area contributed by atoms with Crippen LogP contribution in [0.1, 0.15) is 19.8 Å². The van der Waals surface area contributed by atoms with E-state index in [9.17, 15) is 17.6 Å². The van der Waals surface area contributed by atoms with Crippen LogP contribution in [0.2, 0.25) is 0 Å². The van der Waals surface area contributed by atoms with Gasteiger partial charge in [-0.1, -0.05) is 0 Å². The van der Waals surface area contributed by atoms with Gasteiger partial charge in [0, 0.05) is 12.5 Å². The molecule has 2 aliphatic heterocycles. The molecule has 1 N–H and O–H groups in total. The maximum atomic E-state index is 14.1. The minimum atomic E-state index is -4.47. The van der Waals surface area contributed by atoms with Gasteiger partial charge in [0.15, 0.2) is 0 Å². The fraction of sp³-hybridized carbons (Fsp3) is 0.562. The van der Waals surface area contributed by atoms with Crippen molar-refractivity contribution in [2.45, 2.75) is 43.0 Å². The molecule has 9 heteroatoms. The molecule has 0 radical (unpaired) electrons. The standard InChI is InChI=1S/C16H17F4N3OS/c1-8-6-23(13(7-24-8)16(18,19)20)11-4-10(17)5-12-14(11)21-15(22-25-12)9-2-3-9/h4-5,8-9,13H,2-3,6-7H2,1H3,(H,21,22)/t8-,13+/m0/s1. The maximum Gasteiger partial charge on any atom is 0.411 e. The van der Waals surface area contributed by atoms with Crippen molar-refractivity contribution in [2.24, 2.45) is 10.9 Å². The van der Waals surface area contributed by atoms with E-state index in [2.05, 4.69) is 9.71 Å². The normalized spacial score (nSPS) is 26.8. The number of halogens is 4. The lowest BCUT2D eigenvalue weighted by Gasteiger charge is -2.41. The minimum absolute atomic E-state index is 0.0342. The number of nitrogens with zero attached hydrogens (tertiary/aromatic N) is 2. The fourth-order valence-corrected chi connectivity index (χ4v) is 3.94. The topological polar surface area (TPSA) is 36.9 Å². The van der Waals surface area contributed by atoms with Gasteiger partial charge in [0.25, 0.3) is 0 Å². The van der Waals surface area contributed by atoms with Crippen molar-refractivity contribution in [1.82, 2.24) is 4.72 Å². The summed E-state index contributed by atoms with van der Waals surface area (Å²) < 4.78 is 62.8. The Morgan fingerprint density at radius 1 is 1.32 bits per heavy atom. The predicted molar refractivity (Wildman–Crippen MR) is 87.8 cm³/mol. The second-order valence-corrected chi connectivity index (χ2v) is 7.45. The molecule has 3 aliphatic rings. The largest absolute Gasteiger partial charge is 0.411 e. The van der Waals surface area contributed by atoms with Gasteiger partial charge < -0.3 is 14.4 Å². The van der Waals surface area contributed by atoms with Crippen molar-refractivity contribution in [3.8, 4) is 0 Å². The van der Waals surface area contributed by atoms with Crippen LogP contribution in [0, 0.1) is 11.7 Å². The first kappa shape index (κ1) is 17.0. The second kappa shape index (κ2) is 6.05. The third-order valence-corrected chi connectivity index (χ3v) is 5.38. The van der Waals surface area contributed by atoms with Crippen LogP contribution in [-0.2, 0) is 4.74 Å². The first-order valence-corrected chi connectivity index (χ1v) is 8.94. The molecule has 25 heavy (non-hydrogen) atoms. The molecule has 1 saturated heterocycles. The zero-order chi connectivity index (χ0) is 17.8. The minimum Gasteiger partial charge on any atom is -0.374 e. The van der Waals surface area contributed by atoms with Crippen LogP contribution >= 0.6 is 11.9 Å². The highest BCUT2D eigenvalue weighted by Crippen LogP contribution is 2.45. The lowest BCUT2D eigenvalue weighted by Crippen LogP contribution is -2.56. The Labute approximate surface area is 146 Å². The van der Waals surface area contributed by atoms with Crippen LogP contribution in [0.25, 0.3) is 0 Å². The van der Waals surface area contributed by atoms with Crippen molar-refractivity contribution in [2.75, 3.05) is 18.1 Å². The van der Waals surface area contributed by atoms with E-state index in [4.69, 9.17) is 4.74 Å². The molecule has 0 aromatic heterocycles. The van der Waals surface area contributed by atoms with Gasteiger partial charge in [-0.05, 0) is 43.8 Å². The molecule has 1 saturated carbocycles. The van der Waals surface area contributed by atoms with Crippen molar-refractivity contribution in [3.63, 3.8) is 0 Å². The van der Waals surface area contributed by atoms with E-state index in [1.807, 2.05) is 0 Å². The number of hydrogen-bond donors (Lipinski definition) is 1. The van der Waals surface area contributed by atoms with E-state index in [1.54, 1.807) is 6.92 Å². The summed E-state index contributed by atoms with van der Waals surface area (Å²) in [6.07, 6.45) is -2.82. The van der Waals surface area contributed by atoms with E-state index in [1.165, 1.54) is 22.9 Å². The van der Waals surface area contributed by atoms with Crippen LogP contribution in [0.15, 0.2) is 22.0 Å². The van der Waals surface area contributed by atoms with E-state index < -0.39 is 24.6 Å². The highest BCUT2D eigenvalue weighted by atomic mass is 32.2. The molecule has 0 amide bonds. The van der Waals surface area contributed by atoms with Crippen molar-refractivity contribution in [3.05, 3.63) is 17.9 Å². The van der Waals surface area contributed by atoms with E-state index >= 15 is 0 Å². The Balaban J connectivity index is 1.79. The Morgan fingerprint density at radius 2 is 2.08 bits per heavy atom. The quantitative estimate of drug-likeness (QED) is 0.626. The summed E-state index contributed by atoms with van der Waals surface area (Å²) in [7, 11) is 0. The van der Waals surface area contributed by atoms with Gasteiger partial charge in [-0.15, -0.1) is 0 Å². The second-order valence-electron chi connectivity index (χ2n) is 6.60. The number of anilines is 1. The molecule has 4 rings (SSSR count).